The van der Waals surface area contributed by atoms with Crippen LogP contribution in [-0.2, 0) is 15.4 Å². The second-order valence-corrected chi connectivity index (χ2v) is 6.32. The van der Waals surface area contributed by atoms with Crippen LogP contribution in [0.5, 0.6) is 0 Å². The molecule has 0 aliphatic rings. The Labute approximate surface area is 118 Å². The minimum Gasteiger partial charge on any atom is -0.207 e. The minimum absolute atomic E-state index is 0.136. The third-order valence-electron chi connectivity index (χ3n) is 2.42. The lowest BCUT2D eigenvalue weighted by atomic mass is 10.2. The fraction of sp³-hybridized carbons (Fsp3) is 0.455. The highest BCUT2D eigenvalue weighted by Gasteiger charge is 2.36. The Balaban J connectivity index is 3.06. The van der Waals surface area contributed by atoms with Crippen molar-refractivity contribution in [1.82, 2.24) is 4.31 Å². The number of nitrogens with zero attached hydrogens (tertiary/aromatic N) is 1. The molecule has 0 saturated heterocycles. The number of benzene rings is 1. The van der Waals surface area contributed by atoms with Crippen molar-refractivity contribution in [2.75, 3.05) is 13.1 Å². The Morgan fingerprint density at radius 3 is 2.11 bits per heavy atom. The molecule has 0 bridgehead atoms. The summed E-state index contributed by atoms with van der Waals surface area (Å²) in [5, 5.41) is 0.549. The standard InChI is InChI=1S/C11H13BrF3NO2S/c1-2-16(8-11(13,14)15)19(17,18)10-5-3-9(7-12)4-6-10/h3-6H,2,7-8H2,1H3. The molecule has 19 heavy (non-hydrogen) atoms. The van der Waals surface area contributed by atoms with Crippen molar-refractivity contribution in [1.29, 1.82) is 0 Å². The van der Waals surface area contributed by atoms with Crippen molar-refractivity contribution in [3.8, 4) is 0 Å². The maximum atomic E-state index is 12.3. The van der Waals surface area contributed by atoms with Gasteiger partial charge < -0.3 is 0 Å². The van der Waals surface area contributed by atoms with Crippen LogP contribution in [0.4, 0.5) is 13.2 Å². The smallest absolute Gasteiger partial charge is 0.207 e. The molecular formula is C11H13BrF3NO2S. The SMILES string of the molecule is CCN(CC(F)(F)F)S(=O)(=O)c1ccc(CBr)cc1. The summed E-state index contributed by atoms with van der Waals surface area (Å²) in [4.78, 5) is -0.136. The second kappa shape index (κ2) is 6.23. The molecule has 8 heteroatoms. The van der Waals surface area contributed by atoms with Crippen LogP contribution >= 0.6 is 15.9 Å². The maximum absolute atomic E-state index is 12.3. The van der Waals surface area contributed by atoms with Gasteiger partial charge in [0, 0.05) is 11.9 Å². The zero-order valence-electron chi connectivity index (χ0n) is 10.1. The fourth-order valence-corrected chi connectivity index (χ4v) is 3.27. The molecule has 1 aromatic carbocycles. The maximum Gasteiger partial charge on any atom is 0.402 e. The third-order valence-corrected chi connectivity index (χ3v) is 5.01. The summed E-state index contributed by atoms with van der Waals surface area (Å²) in [6, 6.07) is 5.74. The van der Waals surface area contributed by atoms with E-state index in [-0.39, 0.29) is 11.4 Å². The molecule has 0 atom stereocenters. The molecule has 0 aliphatic heterocycles. The monoisotopic (exact) mass is 359 g/mol. The Morgan fingerprint density at radius 2 is 1.74 bits per heavy atom. The predicted molar refractivity (Wildman–Crippen MR) is 69.6 cm³/mol. The molecule has 0 aliphatic carbocycles. The number of alkyl halides is 4. The highest BCUT2D eigenvalue weighted by molar-refractivity contribution is 9.08. The summed E-state index contributed by atoms with van der Waals surface area (Å²) in [6.45, 7) is -0.343. The number of halogens is 4. The molecule has 0 heterocycles. The van der Waals surface area contributed by atoms with E-state index < -0.39 is 22.7 Å². The van der Waals surface area contributed by atoms with E-state index >= 15 is 0 Å². The first-order valence-electron chi connectivity index (χ1n) is 5.42. The minimum atomic E-state index is -4.56. The van der Waals surface area contributed by atoms with Crippen LogP contribution in [-0.4, -0.2) is 32.0 Å². The van der Waals surface area contributed by atoms with Gasteiger partial charge in [0.1, 0.15) is 6.54 Å². The van der Waals surface area contributed by atoms with Crippen LogP contribution in [0.3, 0.4) is 0 Å². The molecule has 0 fully saturated rings. The highest BCUT2D eigenvalue weighted by Crippen LogP contribution is 2.23. The highest BCUT2D eigenvalue weighted by atomic mass is 79.9. The van der Waals surface area contributed by atoms with Crippen molar-refractivity contribution in [2.45, 2.75) is 23.3 Å². The van der Waals surface area contributed by atoms with Crippen molar-refractivity contribution in [3.63, 3.8) is 0 Å². The largest absolute Gasteiger partial charge is 0.402 e. The van der Waals surface area contributed by atoms with Gasteiger partial charge in [-0.05, 0) is 17.7 Å². The van der Waals surface area contributed by atoms with Gasteiger partial charge in [0.25, 0.3) is 0 Å². The molecular weight excluding hydrogens is 347 g/mol. The topological polar surface area (TPSA) is 37.4 Å². The van der Waals surface area contributed by atoms with Crippen LogP contribution < -0.4 is 0 Å². The van der Waals surface area contributed by atoms with Crippen LogP contribution in [0.25, 0.3) is 0 Å². The lowest BCUT2D eigenvalue weighted by Crippen LogP contribution is -2.38. The van der Waals surface area contributed by atoms with Gasteiger partial charge >= 0.3 is 6.18 Å². The lowest BCUT2D eigenvalue weighted by Gasteiger charge is -2.21. The molecule has 0 radical (unpaired) electrons. The first-order valence-corrected chi connectivity index (χ1v) is 7.98. The molecule has 0 saturated carbocycles. The summed E-state index contributed by atoms with van der Waals surface area (Å²) in [5.74, 6) is 0. The average molecular weight is 360 g/mol. The van der Waals surface area contributed by atoms with E-state index in [2.05, 4.69) is 15.9 Å². The Kier molecular flexibility index (Phi) is 5.40. The third kappa shape index (κ3) is 4.47. The van der Waals surface area contributed by atoms with E-state index in [9.17, 15) is 21.6 Å². The van der Waals surface area contributed by atoms with Gasteiger partial charge in [-0.2, -0.15) is 17.5 Å². The molecule has 1 aromatic rings. The molecule has 0 N–H and O–H groups in total. The second-order valence-electron chi connectivity index (χ2n) is 3.82. The quantitative estimate of drug-likeness (QED) is 0.757. The van der Waals surface area contributed by atoms with Gasteiger partial charge in [-0.1, -0.05) is 35.0 Å². The summed E-state index contributed by atoms with van der Waals surface area (Å²) in [7, 11) is -4.11. The summed E-state index contributed by atoms with van der Waals surface area (Å²) in [6.07, 6.45) is -4.56. The van der Waals surface area contributed by atoms with Gasteiger partial charge in [-0.3, -0.25) is 0 Å². The van der Waals surface area contributed by atoms with Crippen molar-refractivity contribution < 1.29 is 21.6 Å². The van der Waals surface area contributed by atoms with E-state index in [0.29, 0.717) is 9.64 Å². The van der Waals surface area contributed by atoms with Crippen molar-refractivity contribution in [2.24, 2.45) is 0 Å². The molecule has 0 spiro atoms. The Bertz CT molecular complexity index is 514. The molecule has 0 amide bonds. The first-order chi connectivity index (χ1) is 8.70. The van der Waals surface area contributed by atoms with Gasteiger partial charge in [0.15, 0.2) is 0 Å². The summed E-state index contributed by atoms with van der Waals surface area (Å²) >= 11 is 3.21. The number of sulfonamides is 1. The summed E-state index contributed by atoms with van der Waals surface area (Å²) < 4.78 is 61.6. The van der Waals surface area contributed by atoms with Crippen LogP contribution in [0.2, 0.25) is 0 Å². The number of hydrogen-bond acceptors (Lipinski definition) is 2. The number of rotatable bonds is 5. The van der Waals surface area contributed by atoms with Gasteiger partial charge in [0.2, 0.25) is 10.0 Å². The predicted octanol–water partition coefficient (Wildman–Crippen LogP) is 3.15. The van der Waals surface area contributed by atoms with E-state index in [0.717, 1.165) is 5.56 Å². The van der Waals surface area contributed by atoms with E-state index in [1.165, 1.54) is 19.1 Å². The average Bonchev–Trinajstić information content (AvgIpc) is 2.34. The van der Waals surface area contributed by atoms with Crippen LogP contribution in [0.15, 0.2) is 29.2 Å². The zero-order valence-corrected chi connectivity index (χ0v) is 12.5. The molecule has 0 unspecified atom stereocenters. The Morgan fingerprint density at radius 1 is 1.21 bits per heavy atom. The number of hydrogen-bond donors (Lipinski definition) is 0. The van der Waals surface area contributed by atoms with Gasteiger partial charge in [-0.25, -0.2) is 8.42 Å². The molecule has 3 nitrogen and oxygen atoms in total. The summed E-state index contributed by atoms with van der Waals surface area (Å²) in [5.41, 5.74) is 0.845. The molecule has 108 valence electrons. The van der Waals surface area contributed by atoms with Crippen molar-refractivity contribution >= 4 is 26.0 Å². The van der Waals surface area contributed by atoms with E-state index in [4.69, 9.17) is 0 Å². The molecule has 1 rings (SSSR count). The van der Waals surface area contributed by atoms with Crippen molar-refractivity contribution in [3.05, 3.63) is 29.8 Å². The zero-order chi connectivity index (χ0) is 14.7. The van der Waals surface area contributed by atoms with E-state index in [1.54, 1.807) is 12.1 Å². The normalized spacial score (nSPS) is 12.9. The molecule has 0 aromatic heterocycles. The fourth-order valence-electron chi connectivity index (χ4n) is 1.47. The van der Waals surface area contributed by atoms with E-state index in [1.807, 2.05) is 0 Å². The van der Waals surface area contributed by atoms with Crippen LogP contribution in [0, 0.1) is 0 Å². The Hall–Kier alpha value is -0.600. The van der Waals surface area contributed by atoms with Gasteiger partial charge in [0.05, 0.1) is 4.90 Å². The first kappa shape index (κ1) is 16.5. The van der Waals surface area contributed by atoms with Gasteiger partial charge in [-0.15, -0.1) is 0 Å². The lowest BCUT2D eigenvalue weighted by molar-refractivity contribution is -0.135. The van der Waals surface area contributed by atoms with Crippen LogP contribution in [0.1, 0.15) is 12.5 Å².